The summed E-state index contributed by atoms with van der Waals surface area (Å²) < 4.78 is -0.132. The lowest BCUT2D eigenvalue weighted by molar-refractivity contribution is 0.364. The van der Waals surface area contributed by atoms with Gasteiger partial charge in [-0.05, 0) is 11.8 Å². The number of hydrogen-bond donors (Lipinski definition) is 2. The Morgan fingerprint density at radius 3 is 1.44 bits per heavy atom. The van der Waals surface area contributed by atoms with Crippen LogP contribution in [0.4, 0.5) is 0 Å². The van der Waals surface area contributed by atoms with E-state index in [1.807, 2.05) is 0 Å². The molecule has 0 saturated heterocycles. The molecule has 0 amide bonds. The van der Waals surface area contributed by atoms with Crippen molar-refractivity contribution in [3.8, 4) is 0 Å². The zero-order chi connectivity index (χ0) is 7.71. The van der Waals surface area contributed by atoms with Crippen molar-refractivity contribution in [3.05, 3.63) is 0 Å². The maximum Gasteiger partial charge on any atom is 0.0597 e. The standard InChI is InChI=1S/C7H16S2/c1-5-7(8,9)6(2,3)4/h8-9H,5H2,1-4H3. The molecule has 0 aromatic carbocycles. The van der Waals surface area contributed by atoms with Gasteiger partial charge in [-0.2, -0.15) is 25.3 Å². The molecule has 0 aliphatic heterocycles. The van der Waals surface area contributed by atoms with Crippen molar-refractivity contribution < 1.29 is 0 Å². The number of thiol groups is 2. The van der Waals surface area contributed by atoms with Crippen molar-refractivity contribution in [1.82, 2.24) is 0 Å². The van der Waals surface area contributed by atoms with Crippen LogP contribution in [0.1, 0.15) is 34.1 Å². The highest BCUT2D eigenvalue weighted by molar-refractivity contribution is 8.00. The lowest BCUT2D eigenvalue weighted by atomic mass is 9.89. The van der Waals surface area contributed by atoms with Crippen LogP contribution in [-0.4, -0.2) is 4.08 Å². The van der Waals surface area contributed by atoms with Gasteiger partial charge in [-0.1, -0.05) is 27.7 Å². The van der Waals surface area contributed by atoms with E-state index in [0.717, 1.165) is 6.42 Å². The molecule has 0 heterocycles. The van der Waals surface area contributed by atoms with Crippen molar-refractivity contribution >= 4 is 25.3 Å². The van der Waals surface area contributed by atoms with E-state index in [1.165, 1.54) is 0 Å². The lowest BCUT2D eigenvalue weighted by Crippen LogP contribution is -2.30. The molecule has 0 nitrogen and oxygen atoms in total. The fourth-order valence-electron chi connectivity index (χ4n) is 0.530. The van der Waals surface area contributed by atoms with E-state index in [2.05, 4.69) is 53.0 Å². The molecule has 0 fully saturated rings. The first kappa shape index (κ1) is 9.70. The van der Waals surface area contributed by atoms with Gasteiger partial charge in [-0.25, -0.2) is 0 Å². The van der Waals surface area contributed by atoms with Crippen LogP contribution < -0.4 is 0 Å². The highest BCUT2D eigenvalue weighted by Gasteiger charge is 2.32. The van der Waals surface area contributed by atoms with Crippen LogP contribution in [0.3, 0.4) is 0 Å². The Kier molecular flexibility index (Phi) is 2.96. The molecule has 0 spiro atoms. The summed E-state index contributed by atoms with van der Waals surface area (Å²) in [7, 11) is 0. The van der Waals surface area contributed by atoms with Crippen molar-refractivity contribution in [2.75, 3.05) is 0 Å². The Morgan fingerprint density at radius 1 is 1.11 bits per heavy atom. The number of hydrogen-bond acceptors (Lipinski definition) is 2. The van der Waals surface area contributed by atoms with E-state index in [9.17, 15) is 0 Å². The second-order valence-corrected chi connectivity index (χ2v) is 5.30. The fourth-order valence-corrected chi connectivity index (χ4v) is 0.530. The summed E-state index contributed by atoms with van der Waals surface area (Å²) in [5.41, 5.74) is 0.175. The van der Waals surface area contributed by atoms with E-state index in [-0.39, 0.29) is 9.49 Å². The summed E-state index contributed by atoms with van der Waals surface area (Å²) in [6.07, 6.45) is 0.989. The predicted octanol–water partition coefficient (Wildman–Crippen LogP) is 3.00. The minimum absolute atomic E-state index is 0.132. The van der Waals surface area contributed by atoms with Crippen molar-refractivity contribution in [2.45, 2.75) is 38.2 Å². The topological polar surface area (TPSA) is 0 Å². The molecule has 0 saturated carbocycles. The van der Waals surface area contributed by atoms with Gasteiger partial charge in [0.05, 0.1) is 4.08 Å². The molecule has 0 rings (SSSR count). The average Bonchev–Trinajstić information content (AvgIpc) is 1.64. The normalized spacial score (nSPS) is 14.0. The predicted molar refractivity (Wildman–Crippen MR) is 50.4 cm³/mol. The van der Waals surface area contributed by atoms with Crippen molar-refractivity contribution in [3.63, 3.8) is 0 Å². The molecule has 0 atom stereocenters. The van der Waals surface area contributed by atoms with Crippen LogP contribution >= 0.6 is 25.3 Å². The molecule has 0 aliphatic rings. The molecule has 0 aliphatic carbocycles. The van der Waals surface area contributed by atoms with Gasteiger partial charge in [0.2, 0.25) is 0 Å². The van der Waals surface area contributed by atoms with Crippen molar-refractivity contribution in [2.24, 2.45) is 5.41 Å². The first-order chi connectivity index (χ1) is 3.81. The van der Waals surface area contributed by atoms with E-state index >= 15 is 0 Å². The summed E-state index contributed by atoms with van der Waals surface area (Å²) in [5, 5.41) is 0. The molecule has 0 bridgehead atoms. The largest absolute Gasteiger partial charge is 0.161 e. The molecular weight excluding hydrogens is 148 g/mol. The molecule has 56 valence electrons. The molecule has 0 aromatic heterocycles. The highest BCUT2D eigenvalue weighted by Crippen LogP contribution is 2.41. The van der Waals surface area contributed by atoms with E-state index in [0.29, 0.717) is 0 Å². The van der Waals surface area contributed by atoms with Crippen LogP contribution in [-0.2, 0) is 0 Å². The smallest absolute Gasteiger partial charge is 0.0597 e. The molecule has 0 aromatic rings. The summed E-state index contributed by atoms with van der Waals surface area (Å²) >= 11 is 8.86. The maximum atomic E-state index is 4.43. The second kappa shape index (κ2) is 2.75. The third kappa shape index (κ3) is 2.42. The minimum atomic E-state index is -0.132. The molecule has 0 unspecified atom stereocenters. The van der Waals surface area contributed by atoms with E-state index < -0.39 is 0 Å². The Balaban J connectivity index is 4.14. The quantitative estimate of drug-likeness (QED) is 0.432. The van der Waals surface area contributed by atoms with Crippen LogP contribution in [0.2, 0.25) is 0 Å². The van der Waals surface area contributed by atoms with Gasteiger partial charge in [0.25, 0.3) is 0 Å². The lowest BCUT2D eigenvalue weighted by Gasteiger charge is -2.35. The van der Waals surface area contributed by atoms with Gasteiger partial charge in [-0.15, -0.1) is 0 Å². The molecule has 0 N–H and O–H groups in total. The maximum absolute atomic E-state index is 4.43. The fraction of sp³-hybridized carbons (Fsp3) is 1.00. The second-order valence-electron chi connectivity index (χ2n) is 3.42. The molecule has 9 heavy (non-hydrogen) atoms. The Hall–Kier alpha value is 0.700. The zero-order valence-electron chi connectivity index (χ0n) is 6.60. The molecule has 2 heteroatoms. The van der Waals surface area contributed by atoms with Crippen LogP contribution in [0, 0.1) is 5.41 Å². The van der Waals surface area contributed by atoms with Gasteiger partial charge in [-0.3, -0.25) is 0 Å². The number of rotatable bonds is 1. The van der Waals surface area contributed by atoms with Gasteiger partial charge in [0.1, 0.15) is 0 Å². The SMILES string of the molecule is CCC(S)(S)C(C)(C)C. The van der Waals surface area contributed by atoms with Crippen LogP contribution in [0.25, 0.3) is 0 Å². The minimum Gasteiger partial charge on any atom is -0.161 e. The Morgan fingerprint density at radius 2 is 1.44 bits per heavy atom. The first-order valence-electron chi connectivity index (χ1n) is 3.26. The zero-order valence-corrected chi connectivity index (χ0v) is 8.39. The molecule has 0 radical (unpaired) electrons. The van der Waals surface area contributed by atoms with Gasteiger partial charge in [0, 0.05) is 0 Å². The monoisotopic (exact) mass is 164 g/mol. The third-order valence-electron chi connectivity index (χ3n) is 1.69. The third-order valence-corrected chi connectivity index (χ3v) is 3.67. The van der Waals surface area contributed by atoms with Crippen molar-refractivity contribution in [1.29, 1.82) is 0 Å². The van der Waals surface area contributed by atoms with E-state index in [1.54, 1.807) is 0 Å². The van der Waals surface area contributed by atoms with Crippen LogP contribution in [0.15, 0.2) is 0 Å². The Bertz CT molecular complexity index is 89.6. The Labute approximate surface area is 69.2 Å². The van der Waals surface area contributed by atoms with Crippen LogP contribution in [0.5, 0.6) is 0 Å². The van der Waals surface area contributed by atoms with Gasteiger partial charge >= 0.3 is 0 Å². The van der Waals surface area contributed by atoms with E-state index in [4.69, 9.17) is 0 Å². The summed E-state index contributed by atoms with van der Waals surface area (Å²) in [5.74, 6) is 0. The summed E-state index contributed by atoms with van der Waals surface area (Å²) in [4.78, 5) is 0. The average molecular weight is 164 g/mol. The van der Waals surface area contributed by atoms with Gasteiger partial charge < -0.3 is 0 Å². The highest BCUT2D eigenvalue weighted by atomic mass is 32.2. The summed E-state index contributed by atoms with van der Waals surface area (Å²) in [6.45, 7) is 8.55. The summed E-state index contributed by atoms with van der Waals surface area (Å²) in [6, 6.07) is 0. The van der Waals surface area contributed by atoms with Gasteiger partial charge in [0.15, 0.2) is 0 Å². The first-order valence-corrected chi connectivity index (χ1v) is 4.15. The molecular formula is C7H16S2.